The molecule has 0 atom stereocenters. The van der Waals surface area contributed by atoms with E-state index in [9.17, 15) is 9.59 Å². The maximum Gasteiger partial charge on any atom is 0.293 e. The minimum Gasteiger partial charge on any atom is -0.444 e. The molecule has 26 heavy (non-hydrogen) atoms. The minimum atomic E-state index is -0.429. The predicted octanol–water partition coefficient (Wildman–Crippen LogP) is 4.53. The van der Waals surface area contributed by atoms with Crippen LogP contribution in [0.4, 0.5) is 10.8 Å². The lowest BCUT2D eigenvalue weighted by Gasteiger charge is -2.04. The topological polar surface area (TPSA) is 97.1 Å². The van der Waals surface area contributed by atoms with E-state index in [-0.39, 0.29) is 17.4 Å². The number of nitrogens with zero attached hydrogens (tertiary/aromatic N) is 2. The Morgan fingerprint density at radius 2 is 2.08 bits per heavy atom. The molecule has 0 saturated heterocycles. The molecule has 0 unspecified atom stereocenters. The Morgan fingerprint density at radius 1 is 1.23 bits per heavy atom. The number of thioether (sulfide) groups is 1. The lowest BCUT2D eigenvalue weighted by atomic mass is 10.3. The van der Waals surface area contributed by atoms with Gasteiger partial charge in [0.15, 0.2) is 14.8 Å². The number of amides is 2. The summed E-state index contributed by atoms with van der Waals surface area (Å²) in [5.74, 6) is -0.317. The summed E-state index contributed by atoms with van der Waals surface area (Å²) in [6.07, 6.45) is 0. The third kappa shape index (κ3) is 5.31. The minimum absolute atomic E-state index is 0.153. The fourth-order valence-corrected chi connectivity index (χ4v) is 3.85. The maximum absolute atomic E-state index is 12.0. The average Bonchev–Trinajstić information content (AvgIpc) is 3.22. The molecule has 2 N–H and O–H groups in total. The number of anilines is 2. The molecule has 3 rings (SSSR count). The van der Waals surface area contributed by atoms with Gasteiger partial charge in [0.1, 0.15) is 0 Å². The number of benzene rings is 1. The van der Waals surface area contributed by atoms with Crippen LogP contribution in [0.15, 0.2) is 49.8 Å². The van der Waals surface area contributed by atoms with Gasteiger partial charge in [0, 0.05) is 10.7 Å². The number of aromatic nitrogens is 2. The Morgan fingerprint density at radius 3 is 2.81 bits per heavy atom. The molecule has 0 aliphatic heterocycles. The molecule has 0 radical (unpaired) electrons. The Bertz CT molecular complexity index is 946. The molecule has 134 valence electrons. The van der Waals surface area contributed by atoms with Crippen LogP contribution >= 0.6 is 50.6 Å². The maximum atomic E-state index is 12.0. The molecule has 0 saturated carbocycles. The Kier molecular flexibility index (Phi) is 6.30. The molecule has 2 amide bonds. The summed E-state index contributed by atoms with van der Waals surface area (Å²) in [5.41, 5.74) is 0.623. The van der Waals surface area contributed by atoms with Crippen molar-refractivity contribution in [1.82, 2.24) is 10.2 Å². The zero-order valence-electron chi connectivity index (χ0n) is 12.9. The monoisotopic (exact) mass is 472 g/mol. The number of hydrogen-bond donors (Lipinski definition) is 2. The summed E-state index contributed by atoms with van der Waals surface area (Å²) in [4.78, 5) is 23.9. The number of carbonyl (C=O) groups is 2. The smallest absolute Gasteiger partial charge is 0.293 e. The summed E-state index contributed by atoms with van der Waals surface area (Å²) >= 11 is 11.4. The summed E-state index contributed by atoms with van der Waals surface area (Å²) in [6, 6.07) is 10.0. The van der Waals surface area contributed by atoms with Crippen LogP contribution in [0.3, 0.4) is 0 Å². The van der Waals surface area contributed by atoms with E-state index < -0.39 is 5.91 Å². The number of halogens is 2. The van der Waals surface area contributed by atoms with E-state index in [1.54, 1.807) is 30.3 Å². The second-order valence-electron chi connectivity index (χ2n) is 4.78. The van der Waals surface area contributed by atoms with Gasteiger partial charge in [-0.15, -0.1) is 10.2 Å². The number of nitrogens with one attached hydrogen (secondary N) is 2. The van der Waals surface area contributed by atoms with Crippen molar-refractivity contribution in [1.29, 1.82) is 0 Å². The average molecular weight is 474 g/mol. The van der Waals surface area contributed by atoms with Crippen LogP contribution in [-0.4, -0.2) is 27.8 Å². The van der Waals surface area contributed by atoms with E-state index in [1.165, 1.54) is 29.2 Å². The molecule has 0 aliphatic carbocycles. The Hall–Kier alpha value is -1.88. The molecule has 0 fully saturated rings. The van der Waals surface area contributed by atoms with Gasteiger partial charge in [-0.1, -0.05) is 40.8 Å². The van der Waals surface area contributed by atoms with Gasteiger partial charge in [-0.2, -0.15) is 0 Å². The van der Waals surface area contributed by atoms with E-state index in [1.807, 2.05) is 0 Å². The first kappa shape index (κ1) is 18.9. The molecule has 11 heteroatoms. The Balaban J connectivity index is 1.50. The largest absolute Gasteiger partial charge is 0.444 e. The number of rotatable bonds is 6. The van der Waals surface area contributed by atoms with E-state index in [2.05, 4.69) is 36.8 Å². The third-order valence-electron chi connectivity index (χ3n) is 2.86. The van der Waals surface area contributed by atoms with Crippen LogP contribution in [0, 0.1) is 0 Å². The first-order chi connectivity index (χ1) is 12.5. The normalized spacial score (nSPS) is 10.5. The number of furan rings is 1. The van der Waals surface area contributed by atoms with Gasteiger partial charge in [0.25, 0.3) is 5.91 Å². The molecule has 0 aliphatic rings. The second kappa shape index (κ2) is 8.67. The van der Waals surface area contributed by atoms with Crippen LogP contribution in [0.25, 0.3) is 0 Å². The van der Waals surface area contributed by atoms with Crippen LogP contribution in [0.5, 0.6) is 0 Å². The highest BCUT2D eigenvalue weighted by molar-refractivity contribution is 9.10. The zero-order valence-corrected chi connectivity index (χ0v) is 16.8. The van der Waals surface area contributed by atoms with Crippen LogP contribution in [0.1, 0.15) is 10.6 Å². The van der Waals surface area contributed by atoms with Crippen LogP contribution < -0.4 is 10.6 Å². The first-order valence-electron chi connectivity index (χ1n) is 7.08. The highest BCUT2D eigenvalue weighted by atomic mass is 79.9. The summed E-state index contributed by atoms with van der Waals surface area (Å²) in [5, 5.41) is 14.0. The summed E-state index contributed by atoms with van der Waals surface area (Å²) < 4.78 is 6.18. The molecular weight excluding hydrogens is 464 g/mol. The van der Waals surface area contributed by atoms with Crippen molar-refractivity contribution in [3.8, 4) is 0 Å². The van der Waals surface area contributed by atoms with Crippen molar-refractivity contribution >= 4 is 73.3 Å². The van der Waals surface area contributed by atoms with E-state index in [0.717, 1.165) is 0 Å². The van der Waals surface area contributed by atoms with Gasteiger partial charge >= 0.3 is 0 Å². The van der Waals surface area contributed by atoms with Gasteiger partial charge in [-0.05, 0) is 46.3 Å². The molecule has 1 aromatic carbocycles. The predicted molar refractivity (Wildman–Crippen MR) is 105 cm³/mol. The zero-order chi connectivity index (χ0) is 18.5. The van der Waals surface area contributed by atoms with Crippen LogP contribution in [-0.2, 0) is 4.79 Å². The van der Waals surface area contributed by atoms with Gasteiger partial charge in [0.2, 0.25) is 11.0 Å². The molecule has 2 aromatic heterocycles. The number of hydrogen-bond acceptors (Lipinski definition) is 7. The van der Waals surface area contributed by atoms with Gasteiger partial charge in [-0.3, -0.25) is 14.9 Å². The molecule has 0 spiro atoms. The van der Waals surface area contributed by atoms with Crippen molar-refractivity contribution in [2.45, 2.75) is 4.34 Å². The highest BCUT2D eigenvalue weighted by Crippen LogP contribution is 2.26. The van der Waals surface area contributed by atoms with Crippen molar-refractivity contribution in [3.05, 3.63) is 51.9 Å². The van der Waals surface area contributed by atoms with Crippen LogP contribution in [0.2, 0.25) is 5.02 Å². The van der Waals surface area contributed by atoms with E-state index in [0.29, 0.717) is 24.9 Å². The third-order valence-corrected chi connectivity index (χ3v) is 5.49. The van der Waals surface area contributed by atoms with E-state index in [4.69, 9.17) is 16.0 Å². The van der Waals surface area contributed by atoms with Gasteiger partial charge in [0.05, 0.1) is 5.75 Å². The fourth-order valence-electron chi connectivity index (χ4n) is 1.80. The SMILES string of the molecule is O=C(CSc1nnc(NC(=O)c2ccc(Br)o2)s1)Nc1cccc(Cl)c1. The summed E-state index contributed by atoms with van der Waals surface area (Å²) in [7, 11) is 0. The van der Waals surface area contributed by atoms with Crippen molar-refractivity contribution in [2.24, 2.45) is 0 Å². The lowest BCUT2D eigenvalue weighted by Crippen LogP contribution is -2.13. The van der Waals surface area contributed by atoms with Crippen molar-refractivity contribution < 1.29 is 14.0 Å². The van der Waals surface area contributed by atoms with Crippen molar-refractivity contribution in [2.75, 3.05) is 16.4 Å². The highest BCUT2D eigenvalue weighted by Gasteiger charge is 2.14. The first-order valence-corrected chi connectivity index (χ1v) is 10.1. The molecular formula is C15H10BrClN4O3S2. The number of carbonyl (C=O) groups excluding carboxylic acids is 2. The molecule has 0 bridgehead atoms. The molecule has 7 nitrogen and oxygen atoms in total. The summed E-state index contributed by atoms with van der Waals surface area (Å²) in [6.45, 7) is 0. The fraction of sp³-hybridized carbons (Fsp3) is 0.0667. The second-order valence-corrected chi connectivity index (χ2v) is 8.20. The van der Waals surface area contributed by atoms with Gasteiger partial charge < -0.3 is 9.73 Å². The lowest BCUT2D eigenvalue weighted by molar-refractivity contribution is -0.113. The molecule has 2 heterocycles. The Labute approximate surface area is 169 Å². The standard InChI is InChI=1S/C15H10BrClN4O3S2/c16-11-5-4-10(24-11)13(23)19-14-20-21-15(26-14)25-7-12(22)18-9-3-1-2-8(17)6-9/h1-6H,7H2,(H,18,22)(H,19,20,23). The quantitative estimate of drug-likeness (QED) is 0.403. The van der Waals surface area contributed by atoms with Crippen molar-refractivity contribution in [3.63, 3.8) is 0 Å². The van der Waals surface area contributed by atoms with Gasteiger partial charge in [-0.25, -0.2) is 0 Å². The van der Waals surface area contributed by atoms with E-state index >= 15 is 0 Å². The molecule has 3 aromatic rings.